The zero-order valence-corrected chi connectivity index (χ0v) is 17.1. The summed E-state index contributed by atoms with van der Waals surface area (Å²) in [6.07, 6.45) is 5.32. The van der Waals surface area contributed by atoms with E-state index in [1.165, 1.54) is 4.57 Å². The SMILES string of the molecule is COc1ccc(C#N)c(-n2cc(-c3cn(C)c(=O)cc3-c3ccc(Cl)cc3)cn2)c1. The molecule has 0 unspecified atom stereocenters. The fraction of sp³-hybridized carbons (Fsp3) is 0.0870. The Labute approximate surface area is 178 Å². The molecule has 0 saturated heterocycles. The number of aromatic nitrogens is 3. The maximum absolute atomic E-state index is 12.3. The summed E-state index contributed by atoms with van der Waals surface area (Å²) in [6, 6.07) is 16.3. The van der Waals surface area contributed by atoms with Gasteiger partial charge in [-0.2, -0.15) is 10.4 Å². The fourth-order valence-corrected chi connectivity index (χ4v) is 3.37. The van der Waals surface area contributed by atoms with Gasteiger partial charge in [0.05, 0.1) is 24.6 Å². The van der Waals surface area contributed by atoms with E-state index in [1.54, 1.807) is 67.6 Å². The molecule has 0 spiro atoms. The van der Waals surface area contributed by atoms with Crippen LogP contribution in [0.3, 0.4) is 0 Å². The molecule has 0 radical (unpaired) electrons. The van der Waals surface area contributed by atoms with Crippen LogP contribution < -0.4 is 10.3 Å². The molecule has 0 aliphatic carbocycles. The Kier molecular flexibility index (Phi) is 5.13. The van der Waals surface area contributed by atoms with Crippen molar-refractivity contribution in [2.24, 2.45) is 7.05 Å². The minimum atomic E-state index is -0.115. The van der Waals surface area contributed by atoms with Gasteiger partial charge in [0.25, 0.3) is 5.56 Å². The highest BCUT2D eigenvalue weighted by Gasteiger charge is 2.14. The number of halogens is 1. The predicted molar refractivity (Wildman–Crippen MR) is 116 cm³/mol. The van der Waals surface area contributed by atoms with Crippen LogP contribution in [0.25, 0.3) is 27.9 Å². The van der Waals surface area contributed by atoms with Crippen molar-refractivity contribution < 1.29 is 4.74 Å². The van der Waals surface area contributed by atoms with Crippen LogP contribution in [-0.4, -0.2) is 21.5 Å². The molecule has 0 fully saturated rings. The number of aryl methyl sites for hydroxylation is 1. The van der Waals surface area contributed by atoms with E-state index in [9.17, 15) is 10.1 Å². The van der Waals surface area contributed by atoms with Gasteiger partial charge < -0.3 is 9.30 Å². The lowest BCUT2D eigenvalue weighted by molar-refractivity contribution is 0.414. The second kappa shape index (κ2) is 7.90. The average Bonchev–Trinajstić information content (AvgIpc) is 3.25. The second-order valence-corrected chi connectivity index (χ2v) is 7.16. The lowest BCUT2D eigenvalue weighted by Crippen LogP contribution is -2.15. The molecule has 0 N–H and O–H groups in total. The first-order valence-electron chi connectivity index (χ1n) is 9.10. The van der Waals surface area contributed by atoms with Crippen molar-refractivity contribution in [2.45, 2.75) is 0 Å². The number of hydrogen-bond acceptors (Lipinski definition) is 4. The number of hydrogen-bond donors (Lipinski definition) is 0. The number of rotatable bonds is 4. The number of ether oxygens (including phenoxy) is 1. The quantitative estimate of drug-likeness (QED) is 0.493. The molecular weight excluding hydrogens is 400 g/mol. The van der Waals surface area contributed by atoms with Crippen LogP contribution >= 0.6 is 11.6 Å². The van der Waals surface area contributed by atoms with Gasteiger partial charge in [-0.25, -0.2) is 4.68 Å². The number of methoxy groups -OCH3 is 1. The Bertz CT molecular complexity index is 1330. The molecule has 0 atom stereocenters. The third-order valence-corrected chi connectivity index (χ3v) is 5.10. The van der Waals surface area contributed by atoms with Gasteiger partial charge in [-0.1, -0.05) is 23.7 Å². The molecule has 4 rings (SSSR count). The first kappa shape index (κ1) is 19.5. The van der Waals surface area contributed by atoms with Crippen molar-refractivity contribution in [1.29, 1.82) is 5.26 Å². The molecule has 6 nitrogen and oxygen atoms in total. The van der Waals surface area contributed by atoms with Crippen molar-refractivity contribution in [2.75, 3.05) is 7.11 Å². The Morgan fingerprint density at radius 1 is 1.03 bits per heavy atom. The maximum Gasteiger partial charge on any atom is 0.250 e. The topological polar surface area (TPSA) is 72.8 Å². The minimum Gasteiger partial charge on any atom is -0.497 e. The lowest BCUT2D eigenvalue weighted by atomic mass is 9.98. The summed E-state index contributed by atoms with van der Waals surface area (Å²) >= 11 is 6.02. The summed E-state index contributed by atoms with van der Waals surface area (Å²) in [5.74, 6) is 0.630. The largest absolute Gasteiger partial charge is 0.497 e. The van der Waals surface area contributed by atoms with E-state index < -0.39 is 0 Å². The van der Waals surface area contributed by atoms with E-state index in [0.717, 1.165) is 22.3 Å². The van der Waals surface area contributed by atoms with Gasteiger partial charge in [-0.15, -0.1) is 0 Å². The maximum atomic E-state index is 12.3. The van der Waals surface area contributed by atoms with E-state index in [4.69, 9.17) is 16.3 Å². The smallest absolute Gasteiger partial charge is 0.250 e. The van der Waals surface area contributed by atoms with Gasteiger partial charge in [0.2, 0.25) is 0 Å². The van der Waals surface area contributed by atoms with Crippen LogP contribution in [0.15, 0.2) is 71.9 Å². The second-order valence-electron chi connectivity index (χ2n) is 6.73. The molecule has 7 heteroatoms. The first-order chi connectivity index (χ1) is 14.5. The van der Waals surface area contributed by atoms with Gasteiger partial charge in [-0.05, 0) is 35.4 Å². The van der Waals surface area contributed by atoms with Gasteiger partial charge in [0.1, 0.15) is 11.8 Å². The van der Waals surface area contributed by atoms with E-state index in [2.05, 4.69) is 11.2 Å². The normalized spacial score (nSPS) is 10.6. The summed E-state index contributed by atoms with van der Waals surface area (Å²) < 4.78 is 8.44. The van der Waals surface area contributed by atoms with Gasteiger partial charge in [0, 0.05) is 47.7 Å². The van der Waals surface area contributed by atoms with Crippen LogP contribution in [0.5, 0.6) is 5.75 Å². The third kappa shape index (κ3) is 3.59. The molecule has 2 aromatic carbocycles. The van der Waals surface area contributed by atoms with Gasteiger partial charge >= 0.3 is 0 Å². The van der Waals surface area contributed by atoms with Crippen molar-refractivity contribution in [3.8, 4) is 39.8 Å². The molecule has 2 aromatic heterocycles. The molecule has 148 valence electrons. The first-order valence-corrected chi connectivity index (χ1v) is 9.48. The van der Waals surface area contributed by atoms with Crippen molar-refractivity contribution in [3.05, 3.63) is 88.1 Å². The monoisotopic (exact) mass is 416 g/mol. The van der Waals surface area contributed by atoms with Gasteiger partial charge in [0.15, 0.2) is 0 Å². The number of pyridine rings is 1. The fourth-order valence-electron chi connectivity index (χ4n) is 3.24. The Morgan fingerprint density at radius 3 is 2.50 bits per heavy atom. The Balaban J connectivity index is 1.87. The standard InChI is InChI=1S/C23H17ClN4O2/c1-27-14-21(20(10-23(27)29)15-3-6-18(24)7-4-15)17-12-26-28(13-17)22-9-19(30-2)8-5-16(22)11-25/h3-10,12-14H,1-2H3. The van der Waals surface area contributed by atoms with E-state index in [1.807, 2.05) is 18.3 Å². The van der Waals surface area contributed by atoms with Crippen molar-refractivity contribution >= 4 is 11.6 Å². The molecule has 0 aliphatic rings. The molecule has 0 amide bonds. The Hall–Kier alpha value is -3.82. The average molecular weight is 417 g/mol. The third-order valence-electron chi connectivity index (χ3n) is 4.85. The number of nitriles is 1. The van der Waals surface area contributed by atoms with Crippen LogP contribution in [-0.2, 0) is 7.05 Å². The van der Waals surface area contributed by atoms with Crippen molar-refractivity contribution in [3.63, 3.8) is 0 Å². The molecular formula is C23H17ClN4O2. The summed E-state index contributed by atoms with van der Waals surface area (Å²) in [6.45, 7) is 0. The van der Waals surface area contributed by atoms with E-state index in [0.29, 0.717) is 22.0 Å². The molecule has 2 heterocycles. The van der Waals surface area contributed by atoms with Crippen LogP contribution in [0, 0.1) is 11.3 Å². The Morgan fingerprint density at radius 2 is 1.80 bits per heavy atom. The van der Waals surface area contributed by atoms with Gasteiger partial charge in [-0.3, -0.25) is 4.79 Å². The highest BCUT2D eigenvalue weighted by atomic mass is 35.5. The van der Waals surface area contributed by atoms with E-state index in [-0.39, 0.29) is 5.56 Å². The molecule has 4 aromatic rings. The summed E-state index contributed by atoms with van der Waals surface area (Å²) in [4.78, 5) is 12.3. The van der Waals surface area contributed by atoms with Crippen LogP contribution in [0.1, 0.15) is 5.56 Å². The van der Waals surface area contributed by atoms with E-state index >= 15 is 0 Å². The highest BCUT2D eigenvalue weighted by molar-refractivity contribution is 6.30. The molecule has 30 heavy (non-hydrogen) atoms. The van der Waals surface area contributed by atoms with Crippen LogP contribution in [0.2, 0.25) is 5.02 Å². The zero-order chi connectivity index (χ0) is 21.3. The highest BCUT2D eigenvalue weighted by Crippen LogP contribution is 2.32. The minimum absolute atomic E-state index is 0.115. The predicted octanol–water partition coefficient (Wildman–Crippen LogP) is 4.44. The van der Waals surface area contributed by atoms with Crippen molar-refractivity contribution in [1.82, 2.24) is 14.3 Å². The summed E-state index contributed by atoms with van der Waals surface area (Å²) in [5, 5.41) is 14.5. The summed E-state index contributed by atoms with van der Waals surface area (Å²) in [5.41, 5.74) is 4.27. The molecule has 0 aliphatic heterocycles. The summed E-state index contributed by atoms with van der Waals surface area (Å²) in [7, 11) is 3.28. The zero-order valence-electron chi connectivity index (χ0n) is 16.3. The molecule has 0 bridgehead atoms. The number of nitrogens with zero attached hydrogens (tertiary/aromatic N) is 4. The lowest BCUT2D eigenvalue weighted by Gasteiger charge is -2.10. The van der Waals surface area contributed by atoms with Crippen LogP contribution in [0.4, 0.5) is 0 Å². The number of benzene rings is 2. The molecule has 0 saturated carbocycles.